The molecular weight excluding hydrogens is 260 g/mol. The maximum absolute atomic E-state index is 5.84. The SMILES string of the molecule is CCCn1c(CCc2cccc(N)c2)nc2cccnc21. The Balaban J connectivity index is 1.87. The summed E-state index contributed by atoms with van der Waals surface area (Å²) in [5.41, 5.74) is 9.87. The fourth-order valence-electron chi connectivity index (χ4n) is 2.66. The molecule has 0 saturated heterocycles. The molecule has 0 aliphatic rings. The Morgan fingerprint density at radius 3 is 2.86 bits per heavy atom. The highest BCUT2D eigenvalue weighted by Crippen LogP contribution is 2.16. The second kappa shape index (κ2) is 5.95. The van der Waals surface area contributed by atoms with Crippen LogP contribution < -0.4 is 5.73 Å². The minimum atomic E-state index is 0.816. The summed E-state index contributed by atoms with van der Waals surface area (Å²) in [6.45, 7) is 3.14. The first-order valence-electron chi connectivity index (χ1n) is 7.42. The Labute approximate surface area is 124 Å². The quantitative estimate of drug-likeness (QED) is 0.730. The second-order valence-corrected chi connectivity index (χ2v) is 5.27. The lowest BCUT2D eigenvalue weighted by atomic mass is 10.1. The highest BCUT2D eigenvalue weighted by atomic mass is 15.1. The van der Waals surface area contributed by atoms with Gasteiger partial charge in [0.05, 0.1) is 0 Å². The van der Waals surface area contributed by atoms with Crippen molar-refractivity contribution in [2.75, 3.05) is 5.73 Å². The Morgan fingerprint density at radius 1 is 1.14 bits per heavy atom. The number of imidazole rings is 1. The van der Waals surface area contributed by atoms with E-state index >= 15 is 0 Å². The third-order valence-corrected chi connectivity index (χ3v) is 3.62. The first kappa shape index (κ1) is 13.6. The molecule has 21 heavy (non-hydrogen) atoms. The van der Waals surface area contributed by atoms with E-state index in [1.807, 2.05) is 36.5 Å². The lowest BCUT2D eigenvalue weighted by Gasteiger charge is -2.07. The van der Waals surface area contributed by atoms with Gasteiger partial charge >= 0.3 is 0 Å². The van der Waals surface area contributed by atoms with E-state index in [4.69, 9.17) is 10.7 Å². The van der Waals surface area contributed by atoms with Crippen LogP contribution in [0.25, 0.3) is 11.2 Å². The van der Waals surface area contributed by atoms with Gasteiger partial charge in [-0.05, 0) is 42.7 Å². The number of hydrogen-bond donors (Lipinski definition) is 1. The van der Waals surface area contributed by atoms with E-state index in [2.05, 4.69) is 22.5 Å². The number of nitrogens with two attached hydrogens (primary N) is 1. The molecule has 0 atom stereocenters. The van der Waals surface area contributed by atoms with E-state index in [9.17, 15) is 0 Å². The number of benzene rings is 1. The van der Waals surface area contributed by atoms with Crippen LogP contribution in [0.2, 0.25) is 0 Å². The molecule has 0 saturated carbocycles. The van der Waals surface area contributed by atoms with Crippen LogP contribution in [-0.2, 0) is 19.4 Å². The van der Waals surface area contributed by atoms with Crippen LogP contribution in [0.1, 0.15) is 24.7 Å². The molecule has 2 aromatic heterocycles. The third kappa shape index (κ3) is 2.89. The summed E-state index contributed by atoms with van der Waals surface area (Å²) in [7, 11) is 0. The molecule has 0 fully saturated rings. The van der Waals surface area contributed by atoms with E-state index in [1.165, 1.54) is 5.56 Å². The predicted octanol–water partition coefficient (Wildman–Crippen LogP) is 3.21. The average molecular weight is 280 g/mol. The van der Waals surface area contributed by atoms with E-state index in [0.29, 0.717) is 0 Å². The predicted molar refractivity (Wildman–Crippen MR) is 86.1 cm³/mol. The second-order valence-electron chi connectivity index (χ2n) is 5.27. The Hall–Kier alpha value is -2.36. The van der Waals surface area contributed by atoms with Gasteiger partial charge in [0.1, 0.15) is 11.3 Å². The molecule has 0 radical (unpaired) electrons. The molecule has 4 nitrogen and oxygen atoms in total. The molecule has 4 heteroatoms. The monoisotopic (exact) mass is 280 g/mol. The number of aromatic nitrogens is 3. The molecule has 0 amide bonds. The highest BCUT2D eigenvalue weighted by Gasteiger charge is 2.10. The highest BCUT2D eigenvalue weighted by molar-refractivity contribution is 5.71. The zero-order chi connectivity index (χ0) is 14.7. The van der Waals surface area contributed by atoms with Gasteiger partial charge < -0.3 is 10.3 Å². The van der Waals surface area contributed by atoms with Gasteiger partial charge in [-0.3, -0.25) is 0 Å². The number of aryl methyl sites for hydroxylation is 3. The summed E-state index contributed by atoms with van der Waals surface area (Å²) in [4.78, 5) is 9.21. The number of nitrogens with zero attached hydrogens (tertiary/aromatic N) is 3. The molecule has 2 N–H and O–H groups in total. The maximum atomic E-state index is 5.84. The van der Waals surface area contributed by atoms with Gasteiger partial charge in [0, 0.05) is 24.8 Å². The Bertz CT molecular complexity index is 745. The van der Waals surface area contributed by atoms with E-state index in [-0.39, 0.29) is 0 Å². The van der Waals surface area contributed by atoms with Crippen molar-refractivity contribution in [2.24, 2.45) is 0 Å². The fraction of sp³-hybridized carbons (Fsp3) is 0.294. The van der Waals surface area contributed by atoms with Crippen molar-refractivity contribution in [3.63, 3.8) is 0 Å². The van der Waals surface area contributed by atoms with Gasteiger partial charge in [-0.25, -0.2) is 9.97 Å². The van der Waals surface area contributed by atoms with Gasteiger partial charge in [0.15, 0.2) is 5.65 Å². The summed E-state index contributed by atoms with van der Waals surface area (Å²) in [5.74, 6) is 1.10. The van der Waals surface area contributed by atoms with Crippen LogP contribution in [0, 0.1) is 0 Å². The summed E-state index contributed by atoms with van der Waals surface area (Å²) >= 11 is 0. The molecule has 0 bridgehead atoms. The van der Waals surface area contributed by atoms with Crippen molar-refractivity contribution < 1.29 is 0 Å². The van der Waals surface area contributed by atoms with Crippen LogP contribution in [-0.4, -0.2) is 14.5 Å². The molecule has 0 unspecified atom stereocenters. The Kier molecular flexibility index (Phi) is 3.86. The van der Waals surface area contributed by atoms with Crippen LogP contribution in [0.4, 0.5) is 5.69 Å². The average Bonchev–Trinajstić information content (AvgIpc) is 2.84. The molecule has 0 spiro atoms. The largest absolute Gasteiger partial charge is 0.399 e. The number of nitrogen functional groups attached to an aromatic ring is 1. The summed E-state index contributed by atoms with van der Waals surface area (Å²) in [6, 6.07) is 12.0. The number of fused-ring (bicyclic) bond motifs is 1. The summed E-state index contributed by atoms with van der Waals surface area (Å²) in [6.07, 6.45) is 4.75. The number of rotatable bonds is 5. The molecule has 3 rings (SSSR count). The fourth-order valence-corrected chi connectivity index (χ4v) is 2.66. The summed E-state index contributed by atoms with van der Waals surface area (Å²) in [5, 5.41) is 0. The first-order chi connectivity index (χ1) is 10.3. The molecule has 3 aromatic rings. The van der Waals surface area contributed by atoms with E-state index in [0.717, 1.165) is 48.5 Å². The summed E-state index contributed by atoms with van der Waals surface area (Å²) < 4.78 is 2.24. The van der Waals surface area contributed by atoms with Crippen LogP contribution in [0.5, 0.6) is 0 Å². The zero-order valence-corrected chi connectivity index (χ0v) is 12.3. The molecule has 0 aliphatic carbocycles. The van der Waals surface area contributed by atoms with Gasteiger partial charge in [0.2, 0.25) is 0 Å². The van der Waals surface area contributed by atoms with Crippen molar-refractivity contribution in [1.82, 2.24) is 14.5 Å². The zero-order valence-electron chi connectivity index (χ0n) is 12.3. The van der Waals surface area contributed by atoms with Gasteiger partial charge in [0.25, 0.3) is 0 Å². The molecule has 108 valence electrons. The number of hydrogen-bond acceptors (Lipinski definition) is 3. The topological polar surface area (TPSA) is 56.7 Å². The molecular formula is C17H20N4. The number of pyridine rings is 1. The van der Waals surface area contributed by atoms with E-state index < -0.39 is 0 Å². The normalized spacial score (nSPS) is 11.1. The maximum Gasteiger partial charge on any atom is 0.159 e. The lowest BCUT2D eigenvalue weighted by molar-refractivity contribution is 0.645. The van der Waals surface area contributed by atoms with Crippen molar-refractivity contribution in [2.45, 2.75) is 32.7 Å². The van der Waals surface area contributed by atoms with Gasteiger partial charge in [-0.15, -0.1) is 0 Å². The van der Waals surface area contributed by atoms with Crippen molar-refractivity contribution in [1.29, 1.82) is 0 Å². The molecule has 1 aromatic carbocycles. The lowest BCUT2D eigenvalue weighted by Crippen LogP contribution is -2.05. The third-order valence-electron chi connectivity index (χ3n) is 3.62. The number of anilines is 1. The van der Waals surface area contributed by atoms with Crippen molar-refractivity contribution in [3.8, 4) is 0 Å². The van der Waals surface area contributed by atoms with Crippen molar-refractivity contribution >= 4 is 16.9 Å². The van der Waals surface area contributed by atoms with Gasteiger partial charge in [-0.1, -0.05) is 19.1 Å². The smallest absolute Gasteiger partial charge is 0.159 e. The molecule has 0 aliphatic heterocycles. The first-order valence-corrected chi connectivity index (χ1v) is 7.42. The van der Waals surface area contributed by atoms with Crippen molar-refractivity contribution in [3.05, 3.63) is 54.0 Å². The molecule has 2 heterocycles. The standard InChI is InChI=1S/C17H20N4/c1-2-11-21-16(20-15-7-4-10-19-17(15)21)9-8-13-5-3-6-14(18)12-13/h3-7,10,12H,2,8-9,11,18H2,1H3. The van der Waals surface area contributed by atoms with Crippen LogP contribution in [0.3, 0.4) is 0 Å². The van der Waals surface area contributed by atoms with Crippen LogP contribution in [0.15, 0.2) is 42.6 Å². The van der Waals surface area contributed by atoms with Gasteiger partial charge in [-0.2, -0.15) is 0 Å². The van der Waals surface area contributed by atoms with Crippen LogP contribution >= 0.6 is 0 Å². The van der Waals surface area contributed by atoms with E-state index in [1.54, 1.807) is 0 Å². The Morgan fingerprint density at radius 2 is 2.05 bits per heavy atom. The minimum absolute atomic E-state index is 0.816. The minimum Gasteiger partial charge on any atom is -0.399 e.